The van der Waals surface area contributed by atoms with E-state index in [2.05, 4.69) is 11.8 Å². The van der Waals surface area contributed by atoms with Crippen LogP contribution in [0.25, 0.3) is 0 Å². The Bertz CT molecular complexity index is 354. The average molecular weight is 233 g/mol. The van der Waals surface area contributed by atoms with Gasteiger partial charge in [-0.25, -0.2) is 0 Å². The maximum atomic E-state index is 12.1. The predicted octanol–water partition coefficient (Wildman–Crippen LogP) is 3.02. The van der Waals surface area contributed by atoms with E-state index in [0.29, 0.717) is 0 Å². The van der Waals surface area contributed by atoms with Gasteiger partial charge < -0.3 is 4.90 Å². The molecule has 0 saturated heterocycles. The third-order valence-electron chi connectivity index (χ3n) is 3.10. The number of rotatable bonds is 6. The zero-order chi connectivity index (χ0) is 12.8. The molecule has 0 heterocycles. The molecule has 0 aliphatic rings. The third-order valence-corrected chi connectivity index (χ3v) is 3.10. The first-order chi connectivity index (χ1) is 8.04. The molecule has 0 aliphatic heterocycles. The van der Waals surface area contributed by atoms with Gasteiger partial charge in [0.15, 0.2) is 5.78 Å². The Morgan fingerprint density at radius 2 is 1.82 bits per heavy atom. The van der Waals surface area contributed by atoms with Crippen molar-refractivity contribution in [3.8, 4) is 0 Å². The fourth-order valence-corrected chi connectivity index (χ4v) is 1.77. The van der Waals surface area contributed by atoms with Crippen LogP contribution < -0.4 is 0 Å². The molecule has 1 aromatic rings. The average Bonchev–Trinajstić information content (AvgIpc) is 2.35. The number of carbonyl (C=O) groups is 1. The first-order valence-corrected chi connectivity index (χ1v) is 6.32. The smallest absolute Gasteiger partial charge is 0.165 e. The molecule has 0 aromatic heterocycles. The summed E-state index contributed by atoms with van der Waals surface area (Å²) < 4.78 is 0. The molecule has 2 nitrogen and oxygen atoms in total. The monoisotopic (exact) mass is 233 g/mol. The molecule has 0 spiro atoms. The van der Waals surface area contributed by atoms with E-state index in [4.69, 9.17) is 0 Å². The summed E-state index contributed by atoms with van der Waals surface area (Å²) in [5, 5.41) is 0. The second-order valence-corrected chi connectivity index (χ2v) is 4.91. The Hall–Kier alpha value is -1.15. The Morgan fingerprint density at radius 1 is 1.24 bits per heavy atom. The lowest BCUT2D eigenvalue weighted by Gasteiger charge is -2.14. The third kappa shape index (κ3) is 4.31. The highest BCUT2D eigenvalue weighted by Crippen LogP contribution is 2.13. The predicted molar refractivity (Wildman–Crippen MR) is 72.5 cm³/mol. The van der Waals surface area contributed by atoms with Crippen molar-refractivity contribution < 1.29 is 4.79 Å². The lowest BCUT2D eigenvalue weighted by Crippen LogP contribution is -2.20. The van der Waals surface area contributed by atoms with Gasteiger partial charge in [0.1, 0.15) is 0 Å². The van der Waals surface area contributed by atoms with E-state index in [1.807, 2.05) is 45.3 Å². The van der Waals surface area contributed by atoms with Gasteiger partial charge >= 0.3 is 0 Å². The van der Waals surface area contributed by atoms with Crippen molar-refractivity contribution in [3.05, 3.63) is 35.4 Å². The number of carbonyl (C=O) groups excluding carboxylic acids is 1. The topological polar surface area (TPSA) is 20.3 Å². The van der Waals surface area contributed by atoms with Crippen molar-refractivity contribution in [2.24, 2.45) is 5.92 Å². The second-order valence-electron chi connectivity index (χ2n) is 4.91. The Morgan fingerprint density at radius 3 is 2.29 bits per heavy atom. The highest BCUT2D eigenvalue weighted by Gasteiger charge is 2.14. The van der Waals surface area contributed by atoms with Crippen molar-refractivity contribution in [1.82, 2.24) is 4.90 Å². The van der Waals surface area contributed by atoms with E-state index in [-0.39, 0.29) is 11.7 Å². The SMILES string of the molecule is CCc1ccc(C(=O)C(C)CCN(C)C)cc1. The van der Waals surface area contributed by atoms with Gasteiger partial charge in [-0.1, -0.05) is 38.1 Å². The van der Waals surface area contributed by atoms with Crippen LogP contribution in [0.15, 0.2) is 24.3 Å². The molecule has 17 heavy (non-hydrogen) atoms. The maximum absolute atomic E-state index is 12.1. The molecule has 0 saturated carbocycles. The summed E-state index contributed by atoms with van der Waals surface area (Å²) in [6, 6.07) is 8.00. The first kappa shape index (κ1) is 13.9. The molecule has 1 rings (SSSR count). The zero-order valence-electron chi connectivity index (χ0n) is 11.4. The summed E-state index contributed by atoms with van der Waals surface area (Å²) in [6.07, 6.45) is 1.94. The van der Waals surface area contributed by atoms with Crippen molar-refractivity contribution in [1.29, 1.82) is 0 Å². The van der Waals surface area contributed by atoms with Gasteiger partial charge in [-0.05, 0) is 39.0 Å². The molecule has 1 atom stereocenters. The van der Waals surface area contributed by atoms with Crippen molar-refractivity contribution in [2.75, 3.05) is 20.6 Å². The summed E-state index contributed by atoms with van der Waals surface area (Å²) in [7, 11) is 4.07. The van der Waals surface area contributed by atoms with Gasteiger partial charge in [-0.3, -0.25) is 4.79 Å². The highest BCUT2D eigenvalue weighted by atomic mass is 16.1. The van der Waals surface area contributed by atoms with Crippen molar-refractivity contribution >= 4 is 5.78 Å². The van der Waals surface area contributed by atoms with Gasteiger partial charge in [0.25, 0.3) is 0 Å². The molecule has 0 N–H and O–H groups in total. The zero-order valence-corrected chi connectivity index (χ0v) is 11.4. The molecular weight excluding hydrogens is 210 g/mol. The van der Waals surface area contributed by atoms with E-state index in [0.717, 1.165) is 24.9 Å². The van der Waals surface area contributed by atoms with Gasteiger partial charge in [0.2, 0.25) is 0 Å². The molecule has 1 aromatic carbocycles. The van der Waals surface area contributed by atoms with Gasteiger partial charge in [-0.15, -0.1) is 0 Å². The minimum atomic E-state index is 0.102. The highest BCUT2D eigenvalue weighted by molar-refractivity contribution is 5.97. The minimum Gasteiger partial charge on any atom is -0.309 e. The number of ketones is 1. The number of hydrogen-bond donors (Lipinski definition) is 0. The number of benzene rings is 1. The Kier molecular flexibility index (Phi) is 5.36. The fourth-order valence-electron chi connectivity index (χ4n) is 1.77. The van der Waals surface area contributed by atoms with Crippen LogP contribution in [-0.2, 0) is 6.42 Å². The molecule has 2 heteroatoms. The van der Waals surface area contributed by atoms with Gasteiger partial charge in [0.05, 0.1) is 0 Å². The van der Waals surface area contributed by atoms with E-state index in [1.54, 1.807) is 0 Å². The van der Waals surface area contributed by atoms with Crippen LogP contribution in [0.5, 0.6) is 0 Å². The summed E-state index contributed by atoms with van der Waals surface area (Å²) in [4.78, 5) is 14.3. The minimum absolute atomic E-state index is 0.102. The molecule has 0 amide bonds. The van der Waals surface area contributed by atoms with Crippen molar-refractivity contribution in [3.63, 3.8) is 0 Å². The number of nitrogens with zero attached hydrogens (tertiary/aromatic N) is 1. The summed E-state index contributed by atoms with van der Waals surface area (Å²) in [5.74, 6) is 0.361. The van der Waals surface area contributed by atoms with Crippen LogP contribution in [0, 0.1) is 5.92 Å². The van der Waals surface area contributed by atoms with Crippen LogP contribution in [-0.4, -0.2) is 31.3 Å². The molecular formula is C15H23NO. The van der Waals surface area contributed by atoms with Gasteiger partial charge in [-0.2, -0.15) is 0 Å². The lowest BCUT2D eigenvalue weighted by atomic mass is 9.95. The van der Waals surface area contributed by atoms with Crippen LogP contribution in [0.2, 0.25) is 0 Å². The Balaban J connectivity index is 2.61. The maximum Gasteiger partial charge on any atom is 0.165 e. The number of hydrogen-bond acceptors (Lipinski definition) is 2. The van der Waals surface area contributed by atoms with E-state index in [1.165, 1.54) is 5.56 Å². The molecule has 0 fully saturated rings. The Labute approximate surface area is 105 Å². The number of Topliss-reactive ketones (excluding diaryl/α,β-unsaturated/α-hetero) is 1. The molecule has 0 bridgehead atoms. The van der Waals surface area contributed by atoms with E-state index >= 15 is 0 Å². The van der Waals surface area contributed by atoms with Crippen LogP contribution >= 0.6 is 0 Å². The fraction of sp³-hybridized carbons (Fsp3) is 0.533. The summed E-state index contributed by atoms with van der Waals surface area (Å²) in [5.41, 5.74) is 2.12. The van der Waals surface area contributed by atoms with Crippen LogP contribution in [0.4, 0.5) is 0 Å². The molecule has 0 aliphatic carbocycles. The number of aryl methyl sites for hydroxylation is 1. The van der Waals surface area contributed by atoms with Crippen molar-refractivity contribution in [2.45, 2.75) is 26.7 Å². The second kappa shape index (κ2) is 6.55. The van der Waals surface area contributed by atoms with Crippen LogP contribution in [0.1, 0.15) is 36.2 Å². The summed E-state index contributed by atoms with van der Waals surface area (Å²) >= 11 is 0. The van der Waals surface area contributed by atoms with Crippen LogP contribution in [0.3, 0.4) is 0 Å². The standard InChI is InChI=1S/C15H23NO/c1-5-13-6-8-14(9-7-13)15(17)12(2)10-11-16(3)4/h6-9,12H,5,10-11H2,1-4H3. The molecule has 94 valence electrons. The molecule has 1 unspecified atom stereocenters. The first-order valence-electron chi connectivity index (χ1n) is 6.32. The lowest BCUT2D eigenvalue weighted by molar-refractivity contribution is 0.0919. The van der Waals surface area contributed by atoms with E-state index < -0.39 is 0 Å². The summed E-state index contributed by atoms with van der Waals surface area (Å²) in [6.45, 7) is 5.09. The normalized spacial score (nSPS) is 12.8. The largest absolute Gasteiger partial charge is 0.309 e. The molecule has 0 radical (unpaired) electrons. The quantitative estimate of drug-likeness (QED) is 0.704. The van der Waals surface area contributed by atoms with Gasteiger partial charge in [0, 0.05) is 11.5 Å². The van der Waals surface area contributed by atoms with E-state index in [9.17, 15) is 4.79 Å².